The van der Waals surface area contributed by atoms with Gasteiger partial charge in [-0.3, -0.25) is 14.4 Å². The minimum Gasteiger partial charge on any atom is -0.480 e. The van der Waals surface area contributed by atoms with Gasteiger partial charge in [0.15, 0.2) is 0 Å². The fraction of sp³-hybridized carbons (Fsp3) is 0.727. The van der Waals surface area contributed by atoms with Gasteiger partial charge in [0, 0.05) is 13.1 Å². The van der Waals surface area contributed by atoms with Gasteiger partial charge in [-0.15, -0.1) is 0 Å². The Balaban J connectivity index is 2.10. The maximum absolute atomic E-state index is 12.1. The van der Waals surface area contributed by atoms with Crippen molar-refractivity contribution in [3.8, 4) is 0 Å². The third-order valence-electron chi connectivity index (χ3n) is 3.92. The maximum Gasteiger partial charge on any atom is 0.319 e. The number of nitrogens with two attached hydrogens (primary N) is 1. The van der Waals surface area contributed by atoms with E-state index in [0.717, 1.165) is 0 Å². The fourth-order valence-corrected chi connectivity index (χ4v) is 2.28. The Morgan fingerprint density at radius 3 is 2.18 bits per heavy atom. The second-order valence-electron chi connectivity index (χ2n) is 5.29. The zero-order valence-corrected chi connectivity index (χ0v) is 9.73. The van der Waals surface area contributed by atoms with E-state index in [1.54, 1.807) is 6.92 Å². The summed E-state index contributed by atoms with van der Waals surface area (Å²) >= 11 is 0. The standard InChI is InChI=1S/C11H16N2O4/c1-10(7(12)14)4-5-13(6-10)8(15)11(2-3-11)9(16)17/h2-6H2,1H3,(H2,12,14)(H,16,17). The van der Waals surface area contributed by atoms with Crippen molar-refractivity contribution in [2.45, 2.75) is 26.2 Å². The first kappa shape index (κ1) is 11.9. The van der Waals surface area contributed by atoms with Crippen molar-refractivity contribution in [3.05, 3.63) is 0 Å². The maximum atomic E-state index is 12.1. The summed E-state index contributed by atoms with van der Waals surface area (Å²) in [7, 11) is 0. The van der Waals surface area contributed by atoms with E-state index >= 15 is 0 Å². The second kappa shape index (κ2) is 3.45. The Hall–Kier alpha value is -1.59. The van der Waals surface area contributed by atoms with Crippen LogP contribution in [0.5, 0.6) is 0 Å². The predicted molar refractivity (Wildman–Crippen MR) is 57.8 cm³/mol. The van der Waals surface area contributed by atoms with Gasteiger partial charge in [-0.05, 0) is 26.2 Å². The number of hydrogen-bond acceptors (Lipinski definition) is 3. The molecular formula is C11H16N2O4. The summed E-state index contributed by atoms with van der Waals surface area (Å²) in [5.74, 6) is -1.86. The lowest BCUT2D eigenvalue weighted by molar-refractivity contribution is -0.153. The van der Waals surface area contributed by atoms with Crippen LogP contribution < -0.4 is 5.73 Å². The SMILES string of the molecule is CC1(C(N)=O)CCN(C(=O)C2(C(=O)O)CC2)C1. The number of carbonyl (C=O) groups excluding carboxylic acids is 2. The van der Waals surface area contributed by atoms with Crippen molar-refractivity contribution in [2.75, 3.05) is 13.1 Å². The smallest absolute Gasteiger partial charge is 0.319 e. The number of carbonyl (C=O) groups is 3. The van der Waals surface area contributed by atoms with Gasteiger partial charge in [0.25, 0.3) is 0 Å². The lowest BCUT2D eigenvalue weighted by Crippen LogP contribution is -2.43. The molecule has 94 valence electrons. The van der Waals surface area contributed by atoms with Crippen molar-refractivity contribution >= 4 is 17.8 Å². The molecule has 0 aromatic heterocycles. The number of amides is 2. The van der Waals surface area contributed by atoms with E-state index in [-0.39, 0.29) is 12.5 Å². The summed E-state index contributed by atoms with van der Waals surface area (Å²) in [4.78, 5) is 35.8. The minimum absolute atomic E-state index is 0.232. The molecule has 1 heterocycles. The first-order chi connectivity index (χ1) is 7.82. The number of nitrogens with zero attached hydrogens (tertiary/aromatic N) is 1. The third kappa shape index (κ3) is 1.67. The summed E-state index contributed by atoms with van der Waals surface area (Å²) in [6.07, 6.45) is 1.29. The molecule has 17 heavy (non-hydrogen) atoms. The summed E-state index contributed by atoms with van der Waals surface area (Å²) in [6.45, 7) is 2.35. The highest BCUT2D eigenvalue weighted by molar-refractivity contribution is 6.05. The zero-order valence-electron chi connectivity index (χ0n) is 9.73. The Morgan fingerprint density at radius 2 is 1.82 bits per heavy atom. The van der Waals surface area contributed by atoms with Gasteiger partial charge in [0.1, 0.15) is 5.41 Å². The zero-order chi connectivity index (χ0) is 12.8. The lowest BCUT2D eigenvalue weighted by Gasteiger charge is -2.23. The Labute approximate surface area is 98.8 Å². The van der Waals surface area contributed by atoms with Crippen LogP contribution in [0, 0.1) is 10.8 Å². The van der Waals surface area contributed by atoms with Crippen molar-refractivity contribution in [2.24, 2.45) is 16.6 Å². The van der Waals surface area contributed by atoms with Crippen molar-refractivity contribution < 1.29 is 19.5 Å². The first-order valence-corrected chi connectivity index (χ1v) is 5.64. The average Bonchev–Trinajstić information content (AvgIpc) is 2.96. The molecular weight excluding hydrogens is 224 g/mol. The first-order valence-electron chi connectivity index (χ1n) is 5.64. The molecule has 1 aliphatic heterocycles. The molecule has 6 nitrogen and oxygen atoms in total. The lowest BCUT2D eigenvalue weighted by atomic mass is 9.89. The molecule has 0 aromatic carbocycles. The number of carboxylic acids is 1. The molecule has 0 radical (unpaired) electrons. The summed E-state index contributed by atoms with van der Waals surface area (Å²) < 4.78 is 0. The van der Waals surface area contributed by atoms with Crippen LogP contribution in [0.1, 0.15) is 26.2 Å². The molecule has 2 rings (SSSR count). The number of hydrogen-bond donors (Lipinski definition) is 2. The Morgan fingerprint density at radius 1 is 1.24 bits per heavy atom. The van der Waals surface area contributed by atoms with Gasteiger partial charge in [0.05, 0.1) is 5.41 Å². The summed E-state index contributed by atoms with van der Waals surface area (Å²) in [6, 6.07) is 0. The summed E-state index contributed by atoms with van der Waals surface area (Å²) in [5.41, 5.74) is 3.35. The van der Waals surface area contributed by atoms with E-state index in [2.05, 4.69) is 0 Å². The van der Waals surface area contributed by atoms with Crippen LogP contribution >= 0.6 is 0 Å². The van der Waals surface area contributed by atoms with Gasteiger partial charge >= 0.3 is 5.97 Å². The predicted octanol–water partition coefficient (Wildman–Crippen LogP) is -0.425. The van der Waals surface area contributed by atoms with Gasteiger partial charge in [-0.1, -0.05) is 0 Å². The topological polar surface area (TPSA) is 101 Å². The Kier molecular flexibility index (Phi) is 2.41. The quantitative estimate of drug-likeness (QED) is 0.654. The van der Waals surface area contributed by atoms with Crippen molar-refractivity contribution in [1.29, 1.82) is 0 Å². The third-order valence-corrected chi connectivity index (χ3v) is 3.92. The molecule has 2 fully saturated rings. The summed E-state index contributed by atoms with van der Waals surface area (Å²) in [5, 5.41) is 9.03. The van der Waals surface area contributed by atoms with Crippen LogP contribution in [0.2, 0.25) is 0 Å². The van der Waals surface area contributed by atoms with E-state index in [1.807, 2.05) is 0 Å². The largest absolute Gasteiger partial charge is 0.480 e. The minimum atomic E-state index is -1.22. The number of aliphatic carboxylic acids is 1. The highest BCUT2D eigenvalue weighted by Crippen LogP contribution is 2.48. The normalized spacial score (nSPS) is 30.1. The molecule has 1 saturated heterocycles. The molecule has 1 atom stereocenters. The molecule has 2 aliphatic rings. The number of rotatable bonds is 3. The van der Waals surface area contributed by atoms with Crippen LogP contribution in [0.3, 0.4) is 0 Å². The molecule has 1 unspecified atom stereocenters. The van der Waals surface area contributed by atoms with Gasteiger partial charge in [-0.2, -0.15) is 0 Å². The molecule has 6 heteroatoms. The Bertz CT molecular complexity index is 402. The van der Waals surface area contributed by atoms with Crippen LogP contribution in [0.25, 0.3) is 0 Å². The molecule has 2 amide bonds. The van der Waals surface area contributed by atoms with Gasteiger partial charge in [-0.25, -0.2) is 0 Å². The highest BCUT2D eigenvalue weighted by Gasteiger charge is 2.60. The number of primary amides is 1. The van der Waals surface area contributed by atoms with E-state index in [0.29, 0.717) is 25.8 Å². The van der Waals surface area contributed by atoms with E-state index in [9.17, 15) is 14.4 Å². The monoisotopic (exact) mass is 240 g/mol. The highest BCUT2D eigenvalue weighted by atomic mass is 16.4. The van der Waals surface area contributed by atoms with Crippen LogP contribution in [0.4, 0.5) is 0 Å². The second-order valence-corrected chi connectivity index (χ2v) is 5.29. The fourth-order valence-electron chi connectivity index (χ4n) is 2.28. The van der Waals surface area contributed by atoms with Crippen molar-refractivity contribution in [3.63, 3.8) is 0 Å². The molecule has 0 aromatic rings. The van der Waals surface area contributed by atoms with E-state index < -0.39 is 22.7 Å². The molecule has 1 aliphatic carbocycles. The molecule has 0 bridgehead atoms. The van der Waals surface area contributed by atoms with E-state index in [4.69, 9.17) is 10.8 Å². The molecule has 0 spiro atoms. The average molecular weight is 240 g/mol. The van der Waals surface area contributed by atoms with E-state index in [1.165, 1.54) is 4.90 Å². The van der Waals surface area contributed by atoms with Crippen LogP contribution in [0.15, 0.2) is 0 Å². The number of carboxylic acid groups (broad SMARTS) is 1. The van der Waals surface area contributed by atoms with Crippen LogP contribution in [-0.2, 0) is 14.4 Å². The molecule has 3 N–H and O–H groups in total. The number of likely N-dealkylation sites (tertiary alicyclic amines) is 1. The van der Waals surface area contributed by atoms with Gasteiger partial charge < -0.3 is 15.7 Å². The van der Waals surface area contributed by atoms with Crippen LogP contribution in [-0.4, -0.2) is 40.9 Å². The molecule has 1 saturated carbocycles. The van der Waals surface area contributed by atoms with Crippen molar-refractivity contribution in [1.82, 2.24) is 4.90 Å². The van der Waals surface area contributed by atoms with Gasteiger partial charge in [0.2, 0.25) is 11.8 Å².